The standard InChI is InChI=1S/C8H12ClNOS/c1-5(3-10)8(11)6-2-7(9)12-4-6/h2,4-5,8,11H,3,10H2,1H3. The largest absolute Gasteiger partial charge is 0.388 e. The van der Waals surface area contributed by atoms with E-state index in [9.17, 15) is 5.11 Å². The first-order chi connectivity index (χ1) is 5.65. The van der Waals surface area contributed by atoms with Crippen LogP contribution in [-0.2, 0) is 0 Å². The van der Waals surface area contributed by atoms with Gasteiger partial charge in [-0.05, 0) is 29.5 Å². The SMILES string of the molecule is CC(CN)C(O)c1csc(Cl)c1. The zero-order valence-corrected chi connectivity index (χ0v) is 8.40. The van der Waals surface area contributed by atoms with Gasteiger partial charge in [0.2, 0.25) is 0 Å². The monoisotopic (exact) mass is 205 g/mol. The summed E-state index contributed by atoms with van der Waals surface area (Å²) in [5.74, 6) is 0.0793. The van der Waals surface area contributed by atoms with Crippen LogP contribution in [0.15, 0.2) is 11.4 Å². The Morgan fingerprint density at radius 2 is 2.42 bits per heavy atom. The minimum atomic E-state index is -0.487. The number of hydrogen-bond acceptors (Lipinski definition) is 3. The zero-order valence-electron chi connectivity index (χ0n) is 6.83. The molecule has 3 N–H and O–H groups in total. The van der Waals surface area contributed by atoms with Crippen molar-refractivity contribution in [3.8, 4) is 0 Å². The van der Waals surface area contributed by atoms with Crippen LogP contribution in [0.2, 0.25) is 4.34 Å². The predicted molar refractivity (Wildman–Crippen MR) is 52.5 cm³/mol. The summed E-state index contributed by atoms with van der Waals surface area (Å²) in [4.78, 5) is 0. The highest BCUT2D eigenvalue weighted by molar-refractivity contribution is 7.14. The van der Waals surface area contributed by atoms with E-state index in [1.54, 1.807) is 6.07 Å². The summed E-state index contributed by atoms with van der Waals surface area (Å²) >= 11 is 7.15. The van der Waals surface area contributed by atoms with E-state index in [2.05, 4.69) is 0 Å². The third-order valence-corrected chi connectivity index (χ3v) is 2.95. The molecule has 68 valence electrons. The molecule has 2 unspecified atom stereocenters. The van der Waals surface area contributed by atoms with Crippen molar-refractivity contribution in [3.05, 3.63) is 21.3 Å². The van der Waals surface area contributed by atoms with Gasteiger partial charge in [0.25, 0.3) is 0 Å². The van der Waals surface area contributed by atoms with Crippen LogP contribution in [-0.4, -0.2) is 11.7 Å². The molecule has 0 spiro atoms. The van der Waals surface area contributed by atoms with Gasteiger partial charge in [-0.15, -0.1) is 11.3 Å². The van der Waals surface area contributed by atoms with E-state index in [1.165, 1.54) is 11.3 Å². The van der Waals surface area contributed by atoms with Crippen LogP contribution in [0, 0.1) is 5.92 Å². The lowest BCUT2D eigenvalue weighted by Gasteiger charge is -2.15. The van der Waals surface area contributed by atoms with Crippen molar-refractivity contribution < 1.29 is 5.11 Å². The van der Waals surface area contributed by atoms with Crippen LogP contribution in [0.3, 0.4) is 0 Å². The maximum absolute atomic E-state index is 9.67. The van der Waals surface area contributed by atoms with E-state index in [0.29, 0.717) is 10.9 Å². The van der Waals surface area contributed by atoms with E-state index >= 15 is 0 Å². The van der Waals surface area contributed by atoms with Crippen molar-refractivity contribution in [1.82, 2.24) is 0 Å². The normalized spacial score (nSPS) is 16.0. The van der Waals surface area contributed by atoms with Crippen molar-refractivity contribution >= 4 is 22.9 Å². The number of thiophene rings is 1. The molecule has 0 aromatic carbocycles. The number of nitrogens with two attached hydrogens (primary N) is 1. The summed E-state index contributed by atoms with van der Waals surface area (Å²) in [7, 11) is 0. The summed E-state index contributed by atoms with van der Waals surface area (Å²) in [5.41, 5.74) is 6.29. The van der Waals surface area contributed by atoms with Crippen LogP contribution >= 0.6 is 22.9 Å². The summed E-state index contributed by atoms with van der Waals surface area (Å²) in [6.07, 6.45) is -0.487. The van der Waals surface area contributed by atoms with Crippen molar-refractivity contribution in [2.45, 2.75) is 13.0 Å². The second-order valence-electron chi connectivity index (χ2n) is 2.84. The van der Waals surface area contributed by atoms with Crippen LogP contribution in [0.25, 0.3) is 0 Å². The Labute approximate surface area is 81.0 Å². The summed E-state index contributed by atoms with van der Waals surface area (Å²) in [6.45, 7) is 2.39. The fourth-order valence-electron chi connectivity index (χ4n) is 0.936. The van der Waals surface area contributed by atoms with Gasteiger partial charge in [-0.3, -0.25) is 0 Å². The molecule has 2 nitrogen and oxygen atoms in total. The fourth-order valence-corrected chi connectivity index (χ4v) is 1.86. The predicted octanol–water partition coefficient (Wildman–Crippen LogP) is 2.03. The smallest absolute Gasteiger partial charge is 0.0932 e. The van der Waals surface area contributed by atoms with E-state index in [-0.39, 0.29) is 5.92 Å². The first-order valence-electron chi connectivity index (χ1n) is 3.77. The first-order valence-corrected chi connectivity index (χ1v) is 5.03. The van der Waals surface area contributed by atoms with Crippen LogP contribution in [0.4, 0.5) is 0 Å². The van der Waals surface area contributed by atoms with Gasteiger partial charge in [0.1, 0.15) is 0 Å². The molecule has 1 aromatic heterocycles. The maximum atomic E-state index is 9.67. The summed E-state index contributed by atoms with van der Waals surface area (Å²) < 4.78 is 0.702. The molecule has 0 bridgehead atoms. The lowest BCUT2D eigenvalue weighted by atomic mass is 10.0. The fraction of sp³-hybridized carbons (Fsp3) is 0.500. The summed E-state index contributed by atoms with van der Waals surface area (Å²) in [5, 5.41) is 11.5. The van der Waals surface area contributed by atoms with E-state index in [1.807, 2.05) is 12.3 Å². The molecule has 0 aliphatic rings. The molecule has 0 radical (unpaired) electrons. The van der Waals surface area contributed by atoms with Gasteiger partial charge < -0.3 is 10.8 Å². The van der Waals surface area contributed by atoms with Crippen LogP contribution in [0.1, 0.15) is 18.6 Å². The highest BCUT2D eigenvalue weighted by Crippen LogP contribution is 2.28. The lowest BCUT2D eigenvalue weighted by Crippen LogP contribution is -2.18. The highest BCUT2D eigenvalue weighted by Gasteiger charge is 2.15. The Bertz CT molecular complexity index is 251. The molecular formula is C8H12ClNOS. The molecule has 0 amide bonds. The van der Waals surface area contributed by atoms with Gasteiger partial charge in [0.05, 0.1) is 10.4 Å². The molecule has 4 heteroatoms. The number of hydrogen-bond donors (Lipinski definition) is 2. The average Bonchev–Trinajstić information content (AvgIpc) is 2.49. The van der Waals surface area contributed by atoms with Crippen molar-refractivity contribution in [3.63, 3.8) is 0 Å². The van der Waals surface area contributed by atoms with Gasteiger partial charge in [-0.2, -0.15) is 0 Å². The zero-order chi connectivity index (χ0) is 9.14. The molecule has 0 aliphatic carbocycles. The van der Waals surface area contributed by atoms with E-state index < -0.39 is 6.10 Å². The molecule has 1 aromatic rings. The third-order valence-electron chi connectivity index (χ3n) is 1.84. The van der Waals surface area contributed by atoms with E-state index in [4.69, 9.17) is 17.3 Å². The van der Waals surface area contributed by atoms with E-state index in [0.717, 1.165) is 5.56 Å². The molecule has 2 atom stereocenters. The number of rotatable bonds is 3. The molecule has 1 rings (SSSR count). The number of aliphatic hydroxyl groups excluding tert-OH is 1. The Morgan fingerprint density at radius 3 is 2.83 bits per heavy atom. The Hall–Kier alpha value is -0.0900. The molecule has 0 aliphatic heterocycles. The second kappa shape index (κ2) is 4.23. The molecule has 0 saturated carbocycles. The molecule has 1 heterocycles. The number of halogens is 1. The van der Waals surface area contributed by atoms with Gasteiger partial charge in [-0.25, -0.2) is 0 Å². The highest BCUT2D eigenvalue weighted by atomic mass is 35.5. The van der Waals surface area contributed by atoms with Crippen LogP contribution < -0.4 is 5.73 Å². The minimum Gasteiger partial charge on any atom is -0.388 e. The van der Waals surface area contributed by atoms with Crippen molar-refractivity contribution in [2.75, 3.05) is 6.54 Å². The first kappa shape index (κ1) is 9.99. The van der Waals surface area contributed by atoms with Crippen LogP contribution in [0.5, 0.6) is 0 Å². The molecule has 12 heavy (non-hydrogen) atoms. The Balaban J connectivity index is 2.70. The molecule has 0 fully saturated rings. The minimum absolute atomic E-state index is 0.0793. The van der Waals surface area contributed by atoms with Gasteiger partial charge in [-0.1, -0.05) is 18.5 Å². The second-order valence-corrected chi connectivity index (χ2v) is 4.38. The Kier molecular flexibility index (Phi) is 3.53. The lowest BCUT2D eigenvalue weighted by molar-refractivity contribution is 0.122. The quantitative estimate of drug-likeness (QED) is 0.794. The van der Waals surface area contributed by atoms with Gasteiger partial charge in [0.15, 0.2) is 0 Å². The molecular weight excluding hydrogens is 194 g/mol. The van der Waals surface area contributed by atoms with Crippen molar-refractivity contribution in [2.24, 2.45) is 11.7 Å². The summed E-state index contributed by atoms with van der Waals surface area (Å²) in [6, 6.07) is 1.78. The number of aliphatic hydroxyl groups is 1. The topological polar surface area (TPSA) is 46.2 Å². The van der Waals surface area contributed by atoms with Crippen molar-refractivity contribution in [1.29, 1.82) is 0 Å². The average molecular weight is 206 g/mol. The third kappa shape index (κ3) is 2.20. The maximum Gasteiger partial charge on any atom is 0.0932 e. The molecule has 0 saturated heterocycles. The van der Waals surface area contributed by atoms with Gasteiger partial charge >= 0.3 is 0 Å². The Morgan fingerprint density at radius 1 is 1.75 bits per heavy atom. The van der Waals surface area contributed by atoms with Gasteiger partial charge in [0, 0.05) is 0 Å².